The monoisotopic (exact) mass is 731 g/mol. The fourth-order valence-electron chi connectivity index (χ4n) is 6.20. The zero-order valence-corrected chi connectivity index (χ0v) is 31.6. The second kappa shape index (κ2) is 23.7. The molecular formula is C43H57NO9. The number of imide groups is 1. The van der Waals surface area contributed by atoms with E-state index in [0.717, 1.165) is 35.3 Å². The van der Waals surface area contributed by atoms with E-state index in [2.05, 4.69) is 6.92 Å². The molecule has 2 amide bonds. The van der Waals surface area contributed by atoms with Crippen LogP contribution in [-0.2, 0) is 43.7 Å². The second-order valence-corrected chi connectivity index (χ2v) is 13.2. The third kappa shape index (κ3) is 13.5. The van der Waals surface area contributed by atoms with E-state index in [4.69, 9.17) is 28.5 Å². The zero-order valence-electron chi connectivity index (χ0n) is 31.6. The van der Waals surface area contributed by atoms with Crippen LogP contribution < -0.4 is 0 Å². The number of carbonyl (C=O) groups excluding carboxylic acids is 3. The summed E-state index contributed by atoms with van der Waals surface area (Å²) in [6, 6.07) is 24.9. The van der Waals surface area contributed by atoms with Crippen molar-refractivity contribution in [3.8, 4) is 0 Å². The molecule has 1 unspecified atom stereocenters. The highest BCUT2D eigenvalue weighted by molar-refractivity contribution is 6.02. The number of amides is 2. The summed E-state index contributed by atoms with van der Waals surface area (Å²) >= 11 is 0. The van der Waals surface area contributed by atoms with Crippen LogP contribution in [0.25, 0.3) is 0 Å². The Balaban J connectivity index is 1.22. The van der Waals surface area contributed by atoms with Gasteiger partial charge in [-0.05, 0) is 42.2 Å². The van der Waals surface area contributed by atoms with Crippen LogP contribution in [0.15, 0.2) is 78.9 Å². The van der Waals surface area contributed by atoms with Crippen LogP contribution >= 0.6 is 0 Å². The minimum Gasteiger partial charge on any atom is -0.379 e. The Morgan fingerprint density at radius 1 is 0.566 bits per heavy atom. The first-order valence-electron chi connectivity index (χ1n) is 19.2. The Bertz CT molecular complexity index is 1480. The molecule has 0 saturated carbocycles. The summed E-state index contributed by atoms with van der Waals surface area (Å²) in [6.07, 6.45) is 10.4. The molecule has 0 spiro atoms. The summed E-state index contributed by atoms with van der Waals surface area (Å²) in [5.41, 5.74) is 2.85. The number of benzene rings is 3. The molecule has 0 aromatic heterocycles. The van der Waals surface area contributed by atoms with Crippen LogP contribution in [0.4, 0.5) is 0 Å². The van der Waals surface area contributed by atoms with Crippen LogP contribution in [0, 0.1) is 6.92 Å². The summed E-state index contributed by atoms with van der Waals surface area (Å²) in [7, 11) is 0. The molecule has 0 aliphatic carbocycles. The summed E-state index contributed by atoms with van der Waals surface area (Å²) < 4.78 is 29.7. The maximum Gasteiger partial charge on any atom is 0.363 e. The molecule has 1 aliphatic heterocycles. The van der Waals surface area contributed by atoms with Gasteiger partial charge in [0.15, 0.2) is 0 Å². The molecule has 0 radical (unpaired) electrons. The molecule has 1 saturated heterocycles. The number of hydrogen-bond acceptors (Lipinski definition) is 9. The minimum atomic E-state index is -1.03. The Hall–Kier alpha value is -3.93. The molecule has 53 heavy (non-hydrogen) atoms. The van der Waals surface area contributed by atoms with Gasteiger partial charge >= 0.3 is 5.97 Å². The number of hydrogen-bond donors (Lipinski definition) is 0. The third-order valence-corrected chi connectivity index (χ3v) is 9.15. The number of ether oxygens (including phenoxy) is 5. The third-order valence-electron chi connectivity index (χ3n) is 9.15. The molecule has 3 aromatic rings. The Morgan fingerprint density at radius 3 is 1.57 bits per heavy atom. The summed E-state index contributed by atoms with van der Waals surface area (Å²) in [5.74, 6) is -1.85. The number of rotatable bonds is 27. The van der Waals surface area contributed by atoms with Gasteiger partial charge < -0.3 is 28.5 Å². The van der Waals surface area contributed by atoms with E-state index in [1.807, 2.05) is 61.5 Å². The van der Waals surface area contributed by atoms with Gasteiger partial charge in [-0.25, -0.2) is 4.79 Å². The fourth-order valence-corrected chi connectivity index (χ4v) is 6.20. The highest BCUT2D eigenvalue weighted by atomic mass is 16.7. The van der Waals surface area contributed by atoms with Gasteiger partial charge in [0.2, 0.25) is 0 Å². The lowest BCUT2D eigenvalue weighted by Gasteiger charge is -2.36. The van der Waals surface area contributed by atoms with Crippen LogP contribution in [0.2, 0.25) is 0 Å². The predicted molar refractivity (Wildman–Crippen MR) is 202 cm³/mol. The van der Waals surface area contributed by atoms with Gasteiger partial charge in [-0.15, -0.1) is 5.06 Å². The number of unbranched alkanes of at least 4 members (excludes halogenated alkanes) is 7. The molecule has 0 bridgehead atoms. The van der Waals surface area contributed by atoms with Crippen molar-refractivity contribution in [3.63, 3.8) is 0 Å². The van der Waals surface area contributed by atoms with Crippen LogP contribution in [0.3, 0.4) is 0 Å². The first-order valence-corrected chi connectivity index (χ1v) is 19.2. The lowest BCUT2D eigenvalue weighted by atomic mass is 9.79. The molecule has 1 aliphatic rings. The highest BCUT2D eigenvalue weighted by Gasteiger charge is 2.38. The first kappa shape index (κ1) is 41.8. The number of hydroxylamine groups is 2. The van der Waals surface area contributed by atoms with Crippen LogP contribution in [0.5, 0.6) is 0 Å². The van der Waals surface area contributed by atoms with Crippen molar-refractivity contribution < 1.29 is 42.9 Å². The van der Waals surface area contributed by atoms with Crippen molar-refractivity contribution in [1.82, 2.24) is 5.06 Å². The molecule has 1 fully saturated rings. The largest absolute Gasteiger partial charge is 0.379 e. The quantitative estimate of drug-likeness (QED) is 0.0442. The van der Waals surface area contributed by atoms with Crippen molar-refractivity contribution >= 4 is 17.8 Å². The zero-order chi connectivity index (χ0) is 37.6. The molecule has 4 rings (SSSR count). The topological polar surface area (TPSA) is 110 Å². The first-order chi connectivity index (χ1) is 26.0. The molecule has 3 aromatic carbocycles. The highest BCUT2D eigenvalue weighted by Crippen LogP contribution is 2.40. The molecule has 10 nitrogen and oxygen atoms in total. The van der Waals surface area contributed by atoms with Gasteiger partial charge in [0.05, 0.1) is 58.4 Å². The molecule has 1 atom stereocenters. The van der Waals surface area contributed by atoms with E-state index >= 15 is 0 Å². The standard InChI is InChI=1S/C43H57NO9/c1-3-4-5-6-7-8-9-13-26-48-27-28-49-29-30-50-31-32-51-33-34-52-43(37-14-11-10-12-15-37,38-20-16-35(2)17-21-38)39-22-18-36(19-23-39)42(47)53-44-40(45)24-25-41(44)46/h10-12,14-23H,3-9,13,24-34H2,1-2H3. The van der Waals surface area contributed by atoms with Gasteiger partial charge in [0.1, 0.15) is 5.60 Å². The average Bonchev–Trinajstić information content (AvgIpc) is 3.50. The predicted octanol–water partition coefficient (Wildman–Crippen LogP) is 7.73. The maximum absolute atomic E-state index is 12.9. The smallest absolute Gasteiger partial charge is 0.363 e. The number of nitrogens with zero attached hydrogens (tertiary/aromatic N) is 1. The number of aryl methyl sites for hydroxylation is 1. The summed E-state index contributed by atoms with van der Waals surface area (Å²) in [5, 5.41) is 0.550. The van der Waals surface area contributed by atoms with Crippen LogP contribution in [0.1, 0.15) is 104 Å². The van der Waals surface area contributed by atoms with Crippen molar-refractivity contribution in [2.45, 2.75) is 83.7 Å². The van der Waals surface area contributed by atoms with Gasteiger partial charge in [0.25, 0.3) is 11.8 Å². The molecule has 10 heteroatoms. The second-order valence-electron chi connectivity index (χ2n) is 13.2. The van der Waals surface area contributed by atoms with Crippen molar-refractivity contribution in [1.29, 1.82) is 0 Å². The fraction of sp³-hybridized carbons (Fsp3) is 0.512. The van der Waals surface area contributed by atoms with E-state index in [0.29, 0.717) is 51.3 Å². The van der Waals surface area contributed by atoms with E-state index < -0.39 is 23.4 Å². The van der Waals surface area contributed by atoms with E-state index in [9.17, 15) is 14.4 Å². The normalized spacial score (nSPS) is 14.1. The van der Waals surface area contributed by atoms with Crippen molar-refractivity contribution in [2.24, 2.45) is 0 Å². The van der Waals surface area contributed by atoms with E-state index in [-0.39, 0.29) is 25.0 Å². The Kier molecular flexibility index (Phi) is 18.7. The van der Waals surface area contributed by atoms with Crippen molar-refractivity contribution in [3.05, 3.63) is 107 Å². The van der Waals surface area contributed by atoms with Gasteiger partial charge in [0, 0.05) is 19.4 Å². The molecule has 1 heterocycles. The molecule has 0 N–H and O–H groups in total. The summed E-state index contributed by atoms with van der Waals surface area (Å²) in [6.45, 7) is 8.67. The molecular weight excluding hydrogens is 674 g/mol. The summed E-state index contributed by atoms with van der Waals surface area (Å²) in [4.78, 5) is 42.0. The van der Waals surface area contributed by atoms with Gasteiger partial charge in [-0.2, -0.15) is 0 Å². The SMILES string of the molecule is CCCCCCCCCCOCCOCCOCCOCCOC(c1ccccc1)(c1ccc(C)cc1)c1ccc(C(=O)ON2C(=O)CCC2=O)cc1. The van der Waals surface area contributed by atoms with Gasteiger partial charge in [-0.3, -0.25) is 9.59 Å². The lowest BCUT2D eigenvalue weighted by molar-refractivity contribution is -0.172. The Labute approximate surface area is 315 Å². The lowest BCUT2D eigenvalue weighted by Crippen LogP contribution is -2.34. The van der Waals surface area contributed by atoms with Crippen molar-refractivity contribution in [2.75, 3.05) is 59.5 Å². The Morgan fingerprint density at radius 2 is 1.02 bits per heavy atom. The average molecular weight is 732 g/mol. The molecule has 288 valence electrons. The number of carbonyl (C=O) groups is 3. The maximum atomic E-state index is 12.9. The van der Waals surface area contributed by atoms with Gasteiger partial charge in [-0.1, -0.05) is 124 Å². The van der Waals surface area contributed by atoms with Crippen LogP contribution in [-0.4, -0.2) is 82.3 Å². The van der Waals surface area contributed by atoms with E-state index in [1.165, 1.54) is 44.9 Å². The van der Waals surface area contributed by atoms with E-state index in [1.54, 1.807) is 24.3 Å². The minimum absolute atomic E-state index is 0.0277.